The summed E-state index contributed by atoms with van der Waals surface area (Å²) < 4.78 is 43.5. The van der Waals surface area contributed by atoms with Gasteiger partial charge in [0.15, 0.2) is 11.4 Å². The molecule has 0 bridgehead atoms. The van der Waals surface area contributed by atoms with E-state index in [9.17, 15) is 18.3 Å². The van der Waals surface area contributed by atoms with Gasteiger partial charge in [-0.1, -0.05) is 48.0 Å². The van der Waals surface area contributed by atoms with Crippen LogP contribution in [0.2, 0.25) is 5.02 Å². The van der Waals surface area contributed by atoms with Crippen molar-refractivity contribution in [3.8, 4) is 17.1 Å². The molecule has 0 aliphatic rings. The Morgan fingerprint density at radius 1 is 1.06 bits per heavy atom. The van der Waals surface area contributed by atoms with Gasteiger partial charge in [-0.3, -0.25) is 4.58 Å². The Kier molecular flexibility index (Phi) is 9.29. The van der Waals surface area contributed by atoms with Gasteiger partial charge in [-0.2, -0.15) is 13.2 Å². The SMILES string of the molecule is C=[N+]([CH-]c1ccc(-c2ccccc2C(F)(F)F)[o+]1[CH2-])c1cc(Cl)ccc1O.[Cl][Zr]([Cl])[Cl]. The van der Waals surface area contributed by atoms with Crippen molar-refractivity contribution in [2.24, 2.45) is 0 Å². The standard InChI is InChI=1S/C20H15ClF3NO2.3ClH.Zr/c1-25(17-11-13(21)7-9-18(17)26)12-14-8-10-19(27(14)2)15-5-3-4-6-16(15)20(22,23)24;;;;/h3-12,26H,1-2H2;3*1H;/q;;;;+3/p-3. The summed E-state index contributed by atoms with van der Waals surface area (Å²) >= 11 is 3.80. The minimum absolute atomic E-state index is 0.00846. The van der Waals surface area contributed by atoms with Crippen LogP contribution in [-0.4, -0.2) is 16.4 Å². The van der Waals surface area contributed by atoms with Crippen LogP contribution in [0.15, 0.2) is 58.6 Å². The summed E-state index contributed by atoms with van der Waals surface area (Å²) in [4.78, 5) is 0. The fourth-order valence-corrected chi connectivity index (χ4v) is 2.84. The number of phenols is 1. The molecule has 3 nitrogen and oxygen atoms in total. The first-order chi connectivity index (χ1) is 14.4. The molecule has 31 heavy (non-hydrogen) atoms. The van der Waals surface area contributed by atoms with Crippen LogP contribution in [0.1, 0.15) is 11.3 Å². The van der Waals surface area contributed by atoms with Crippen LogP contribution in [0, 0.1) is 13.7 Å². The van der Waals surface area contributed by atoms with E-state index < -0.39 is 29.9 Å². The zero-order valence-electron chi connectivity index (χ0n) is 15.6. The van der Waals surface area contributed by atoms with Gasteiger partial charge in [0.2, 0.25) is 0 Å². The van der Waals surface area contributed by atoms with Crippen molar-refractivity contribution in [2.75, 3.05) is 0 Å². The molecule has 1 N–H and O–H groups in total. The van der Waals surface area contributed by atoms with Crippen molar-refractivity contribution in [3.05, 3.63) is 84.6 Å². The van der Waals surface area contributed by atoms with Crippen LogP contribution >= 0.6 is 37.1 Å². The van der Waals surface area contributed by atoms with E-state index >= 15 is 0 Å². The zero-order valence-corrected chi connectivity index (χ0v) is 21.1. The molecular formula is C20H15Cl4F3NO2Zr. The molecule has 165 valence electrons. The van der Waals surface area contributed by atoms with Crippen LogP contribution in [0.5, 0.6) is 5.75 Å². The van der Waals surface area contributed by atoms with Gasteiger partial charge in [0.25, 0.3) is 0 Å². The van der Waals surface area contributed by atoms with Gasteiger partial charge in [-0.15, -0.1) is 0 Å². The van der Waals surface area contributed by atoms with Crippen LogP contribution in [0.25, 0.3) is 11.3 Å². The van der Waals surface area contributed by atoms with Crippen molar-refractivity contribution in [1.29, 1.82) is 0 Å². The zero-order chi connectivity index (χ0) is 23.3. The van der Waals surface area contributed by atoms with E-state index in [0.29, 0.717) is 16.5 Å². The van der Waals surface area contributed by atoms with E-state index in [1.807, 2.05) is 0 Å². The van der Waals surface area contributed by atoms with Crippen LogP contribution in [0.4, 0.5) is 18.9 Å². The van der Waals surface area contributed by atoms with Crippen molar-refractivity contribution < 1.29 is 45.1 Å². The number of aromatic hydroxyl groups is 1. The normalized spacial score (nSPS) is 10.8. The molecule has 0 saturated heterocycles. The number of hydrogen-bond acceptors (Lipinski definition) is 1. The van der Waals surface area contributed by atoms with Gasteiger partial charge in [-0.05, 0) is 18.2 Å². The van der Waals surface area contributed by atoms with Gasteiger partial charge in [0.1, 0.15) is 18.1 Å². The molecule has 0 unspecified atom stereocenters. The number of benzene rings is 2. The van der Waals surface area contributed by atoms with Gasteiger partial charge in [-0.25, -0.2) is 0 Å². The van der Waals surface area contributed by atoms with Crippen LogP contribution in [0.3, 0.4) is 0 Å². The summed E-state index contributed by atoms with van der Waals surface area (Å²) in [5.74, 6) is 0.592. The van der Waals surface area contributed by atoms with Gasteiger partial charge < -0.3 is 9.15 Å². The van der Waals surface area contributed by atoms with Gasteiger partial charge >= 0.3 is 49.9 Å². The Hall–Kier alpha value is -1.24. The quantitative estimate of drug-likeness (QED) is 0.141. The van der Waals surface area contributed by atoms with Crippen LogP contribution < -0.4 is 0 Å². The Balaban J connectivity index is 0.000000785. The Bertz CT molecular complexity index is 1070. The fourth-order valence-electron chi connectivity index (χ4n) is 2.67. The number of halogens is 7. The predicted octanol–water partition coefficient (Wildman–Crippen LogP) is 8.27. The van der Waals surface area contributed by atoms with Crippen molar-refractivity contribution in [2.45, 2.75) is 6.18 Å². The summed E-state index contributed by atoms with van der Waals surface area (Å²) in [6.45, 7) is 5.31. The van der Waals surface area contributed by atoms with E-state index in [1.54, 1.807) is 6.07 Å². The van der Waals surface area contributed by atoms with Crippen molar-refractivity contribution in [1.82, 2.24) is 0 Å². The Morgan fingerprint density at radius 2 is 1.68 bits per heavy atom. The fraction of sp³-hybridized carbons (Fsp3) is 0.0500. The average Bonchev–Trinajstić information content (AvgIpc) is 3.03. The Labute approximate surface area is 201 Å². The Morgan fingerprint density at radius 3 is 2.29 bits per heavy atom. The minimum atomic E-state index is -4.49. The number of phenolic OH excluding ortho intramolecular Hbond substituents is 1. The first-order valence-corrected chi connectivity index (χ1v) is 18.2. The molecule has 1 heterocycles. The second-order valence-corrected chi connectivity index (χ2v) is 17.6. The molecule has 0 aliphatic carbocycles. The molecule has 0 saturated carbocycles. The van der Waals surface area contributed by atoms with Gasteiger partial charge in [0.05, 0.1) is 19.4 Å². The summed E-state index contributed by atoms with van der Waals surface area (Å²) in [5, 5.41) is 10.4. The van der Waals surface area contributed by atoms with Crippen molar-refractivity contribution >= 4 is 49.5 Å². The number of alkyl halides is 3. The molecule has 0 atom stereocenters. The summed E-state index contributed by atoms with van der Waals surface area (Å²) in [5.41, 5.74) is -0.432. The molecule has 0 fully saturated rings. The second kappa shape index (κ2) is 11.1. The van der Waals surface area contributed by atoms with Crippen molar-refractivity contribution in [3.63, 3.8) is 0 Å². The number of nitrogens with zero attached hydrogens (tertiary/aromatic N) is 1. The maximum atomic E-state index is 13.3. The third kappa shape index (κ3) is 7.13. The summed E-state index contributed by atoms with van der Waals surface area (Å²) in [7, 11) is 18.8. The van der Waals surface area contributed by atoms with E-state index in [4.69, 9.17) is 37.1 Å². The average molecular weight is 591 g/mol. The summed E-state index contributed by atoms with van der Waals surface area (Å²) in [6.07, 6.45) is -4.49. The first-order valence-electron chi connectivity index (χ1n) is 8.31. The summed E-state index contributed by atoms with van der Waals surface area (Å²) in [6, 6.07) is 12.8. The van der Waals surface area contributed by atoms with E-state index in [2.05, 4.69) is 17.9 Å². The van der Waals surface area contributed by atoms with E-state index in [-0.39, 0.29) is 17.1 Å². The third-order valence-corrected chi connectivity index (χ3v) is 4.21. The molecule has 11 heteroatoms. The molecule has 0 aliphatic heterocycles. The number of hydrogen-bond donors (Lipinski definition) is 1. The molecule has 0 spiro atoms. The second-order valence-electron chi connectivity index (χ2n) is 5.98. The molecule has 0 radical (unpaired) electrons. The van der Waals surface area contributed by atoms with E-state index in [1.165, 1.54) is 53.6 Å². The number of rotatable bonds is 4. The molecule has 1 aromatic heterocycles. The monoisotopic (exact) mass is 588 g/mol. The maximum absolute atomic E-state index is 13.3. The predicted molar refractivity (Wildman–Crippen MR) is 116 cm³/mol. The molecular weight excluding hydrogens is 576 g/mol. The molecule has 3 rings (SSSR count). The van der Waals surface area contributed by atoms with Gasteiger partial charge in [0, 0.05) is 10.6 Å². The molecule has 3 aromatic rings. The molecule has 2 aromatic carbocycles. The number of furan rings is 1. The third-order valence-electron chi connectivity index (χ3n) is 3.98. The first kappa shape index (κ1) is 26.0. The topological polar surface area (TPSA) is 25.9 Å². The van der Waals surface area contributed by atoms with Crippen LogP contribution in [-0.2, 0) is 24.3 Å². The molecule has 0 amide bonds. The van der Waals surface area contributed by atoms with E-state index in [0.717, 1.165) is 6.07 Å².